The summed E-state index contributed by atoms with van der Waals surface area (Å²) in [5, 5.41) is 3.43. The van der Waals surface area contributed by atoms with Crippen molar-refractivity contribution in [3.05, 3.63) is 35.6 Å². The summed E-state index contributed by atoms with van der Waals surface area (Å²) in [6, 6.07) is 6.63. The van der Waals surface area contributed by atoms with Crippen molar-refractivity contribution in [3.63, 3.8) is 0 Å². The molecule has 1 aromatic carbocycles. The minimum atomic E-state index is -0.243. The summed E-state index contributed by atoms with van der Waals surface area (Å²) in [4.78, 5) is 17.8. The van der Waals surface area contributed by atoms with Crippen molar-refractivity contribution in [2.24, 2.45) is 16.6 Å². The Morgan fingerprint density at radius 2 is 2.04 bits per heavy atom. The van der Waals surface area contributed by atoms with E-state index in [0.717, 1.165) is 37.5 Å². The second kappa shape index (κ2) is 10.1. The number of guanidine groups is 1. The quantitative estimate of drug-likeness (QED) is 0.390. The maximum absolute atomic E-state index is 13.1. The molecule has 5 nitrogen and oxygen atoms in total. The Hall–Kier alpha value is -1.38. The summed E-state index contributed by atoms with van der Waals surface area (Å²) in [6.07, 6.45) is 2.48. The highest BCUT2D eigenvalue weighted by Crippen LogP contribution is 2.23. The molecule has 0 saturated carbocycles. The average Bonchev–Trinajstić information content (AvgIpc) is 2.55. The van der Waals surface area contributed by atoms with E-state index in [4.69, 9.17) is 5.73 Å². The maximum Gasteiger partial charge on any atom is 0.217 e. The predicted octanol–water partition coefficient (Wildman–Crippen LogP) is 2.88. The van der Waals surface area contributed by atoms with Gasteiger partial charge in [-0.2, -0.15) is 0 Å². The molecule has 2 rings (SSSR count). The summed E-state index contributed by atoms with van der Waals surface area (Å²) >= 11 is 0. The molecule has 7 heteroatoms. The minimum absolute atomic E-state index is 0. The lowest BCUT2D eigenvalue weighted by Crippen LogP contribution is -2.49. The summed E-state index contributed by atoms with van der Waals surface area (Å²) in [5.41, 5.74) is 6.25. The van der Waals surface area contributed by atoms with Crippen molar-refractivity contribution < 1.29 is 9.18 Å². The van der Waals surface area contributed by atoms with Crippen LogP contribution in [0.4, 0.5) is 4.39 Å². The lowest BCUT2D eigenvalue weighted by Gasteiger charge is -2.36. The van der Waals surface area contributed by atoms with Gasteiger partial charge in [-0.25, -0.2) is 4.39 Å². The molecule has 0 aliphatic carbocycles. The summed E-state index contributed by atoms with van der Waals surface area (Å²) in [6.45, 7) is 6.63. The fourth-order valence-corrected chi connectivity index (χ4v) is 3.34. The van der Waals surface area contributed by atoms with E-state index in [1.807, 2.05) is 12.1 Å². The number of nitrogens with one attached hydrogen (secondary N) is 1. The Morgan fingerprint density at radius 3 is 2.62 bits per heavy atom. The molecule has 1 fully saturated rings. The van der Waals surface area contributed by atoms with Gasteiger partial charge in [-0.05, 0) is 36.5 Å². The number of likely N-dealkylation sites (tertiary alicyclic amines) is 1. The van der Waals surface area contributed by atoms with E-state index < -0.39 is 0 Å². The van der Waals surface area contributed by atoms with E-state index in [2.05, 4.69) is 29.1 Å². The smallest absolute Gasteiger partial charge is 0.217 e. The molecule has 26 heavy (non-hydrogen) atoms. The van der Waals surface area contributed by atoms with Gasteiger partial charge in [-0.1, -0.05) is 26.0 Å². The zero-order valence-corrected chi connectivity index (χ0v) is 18.1. The monoisotopic (exact) mass is 476 g/mol. The van der Waals surface area contributed by atoms with Crippen LogP contribution in [0.1, 0.15) is 38.7 Å². The van der Waals surface area contributed by atoms with Gasteiger partial charge < -0.3 is 16.0 Å². The molecule has 1 amide bonds. The van der Waals surface area contributed by atoms with Crippen molar-refractivity contribution in [2.75, 3.05) is 26.7 Å². The van der Waals surface area contributed by atoms with Gasteiger partial charge in [0, 0.05) is 38.5 Å². The number of halogens is 2. The second-order valence-corrected chi connectivity index (χ2v) is 7.42. The summed E-state index contributed by atoms with van der Waals surface area (Å²) in [7, 11) is 1.77. The molecule has 1 saturated heterocycles. The first-order chi connectivity index (χ1) is 11.8. The zero-order valence-electron chi connectivity index (χ0n) is 15.8. The van der Waals surface area contributed by atoms with Crippen LogP contribution in [0.25, 0.3) is 0 Å². The molecule has 1 heterocycles. The maximum atomic E-state index is 13.1. The standard InChI is InChI=1S/C19H29FN4O.HI/c1-19(2,15-6-8-16(20)9-7-15)13-23-18(22-3)24-10-4-5-14(12-24)11-17(21)25;/h6-9,14H,4-5,10-13H2,1-3H3,(H2,21,25)(H,22,23);1H. The molecule has 1 aliphatic rings. The van der Waals surface area contributed by atoms with Crippen LogP contribution in [0.3, 0.4) is 0 Å². The Kier molecular flexibility index (Phi) is 8.79. The Morgan fingerprint density at radius 1 is 1.38 bits per heavy atom. The first-order valence-corrected chi connectivity index (χ1v) is 8.82. The number of hydrogen-bond donors (Lipinski definition) is 2. The number of amides is 1. The number of hydrogen-bond acceptors (Lipinski definition) is 2. The predicted molar refractivity (Wildman–Crippen MR) is 114 cm³/mol. The molecule has 0 bridgehead atoms. The molecule has 0 aromatic heterocycles. The average molecular weight is 476 g/mol. The van der Waals surface area contributed by atoms with Crippen molar-refractivity contribution in [3.8, 4) is 0 Å². The Labute approximate surface area is 172 Å². The van der Waals surface area contributed by atoms with Gasteiger partial charge in [0.05, 0.1) is 0 Å². The third-order valence-corrected chi connectivity index (χ3v) is 4.83. The normalized spacial score (nSPS) is 18.2. The SMILES string of the molecule is CN=C(NCC(C)(C)c1ccc(F)cc1)N1CCCC(CC(N)=O)C1.I. The third kappa shape index (κ3) is 6.41. The topological polar surface area (TPSA) is 70.7 Å². The van der Waals surface area contributed by atoms with Crippen LogP contribution in [0.2, 0.25) is 0 Å². The molecule has 1 unspecified atom stereocenters. The first kappa shape index (κ1) is 22.7. The van der Waals surface area contributed by atoms with Gasteiger partial charge in [-0.3, -0.25) is 9.79 Å². The molecule has 0 radical (unpaired) electrons. The van der Waals surface area contributed by atoms with Crippen LogP contribution in [0, 0.1) is 11.7 Å². The van der Waals surface area contributed by atoms with E-state index in [-0.39, 0.29) is 47.0 Å². The number of piperidine rings is 1. The fraction of sp³-hybridized carbons (Fsp3) is 0.579. The lowest BCUT2D eigenvalue weighted by molar-refractivity contribution is -0.119. The van der Waals surface area contributed by atoms with Crippen molar-refractivity contribution >= 4 is 35.8 Å². The van der Waals surface area contributed by atoms with Crippen LogP contribution in [0.5, 0.6) is 0 Å². The van der Waals surface area contributed by atoms with Gasteiger partial charge in [0.2, 0.25) is 5.91 Å². The molecule has 1 atom stereocenters. The molecule has 1 aromatic rings. The number of carbonyl (C=O) groups excluding carboxylic acids is 1. The Balaban J connectivity index is 0.00000338. The van der Waals surface area contributed by atoms with Crippen LogP contribution >= 0.6 is 24.0 Å². The van der Waals surface area contributed by atoms with Crippen molar-refractivity contribution in [1.82, 2.24) is 10.2 Å². The highest BCUT2D eigenvalue weighted by molar-refractivity contribution is 14.0. The molecular weight excluding hydrogens is 446 g/mol. The molecular formula is C19H30FIN4O. The van der Waals surface area contributed by atoms with E-state index in [1.165, 1.54) is 12.1 Å². The number of rotatable bonds is 5. The molecule has 3 N–H and O–H groups in total. The van der Waals surface area contributed by atoms with Gasteiger partial charge >= 0.3 is 0 Å². The third-order valence-electron chi connectivity index (χ3n) is 4.83. The number of nitrogens with two attached hydrogens (primary N) is 1. The summed E-state index contributed by atoms with van der Waals surface area (Å²) < 4.78 is 13.1. The van der Waals surface area contributed by atoms with Crippen LogP contribution in [0.15, 0.2) is 29.3 Å². The van der Waals surface area contributed by atoms with Gasteiger partial charge in [-0.15, -0.1) is 24.0 Å². The van der Waals surface area contributed by atoms with Crippen molar-refractivity contribution in [1.29, 1.82) is 0 Å². The number of carbonyl (C=O) groups is 1. The minimum Gasteiger partial charge on any atom is -0.370 e. The number of benzene rings is 1. The second-order valence-electron chi connectivity index (χ2n) is 7.42. The molecule has 1 aliphatic heterocycles. The fourth-order valence-electron chi connectivity index (χ4n) is 3.34. The zero-order chi connectivity index (χ0) is 18.4. The van der Waals surface area contributed by atoms with Crippen LogP contribution in [-0.4, -0.2) is 43.4 Å². The lowest BCUT2D eigenvalue weighted by atomic mass is 9.84. The summed E-state index contributed by atoms with van der Waals surface area (Å²) in [5.74, 6) is 0.656. The molecule has 0 spiro atoms. The molecule has 146 valence electrons. The highest BCUT2D eigenvalue weighted by Gasteiger charge is 2.26. The largest absolute Gasteiger partial charge is 0.370 e. The number of nitrogens with zero attached hydrogens (tertiary/aromatic N) is 2. The Bertz CT molecular complexity index is 618. The highest BCUT2D eigenvalue weighted by atomic mass is 127. The van der Waals surface area contributed by atoms with Crippen molar-refractivity contribution in [2.45, 2.75) is 38.5 Å². The van der Waals surface area contributed by atoms with E-state index in [0.29, 0.717) is 13.0 Å². The number of aliphatic imine (C=N–C) groups is 1. The van der Waals surface area contributed by atoms with Crippen LogP contribution in [-0.2, 0) is 10.2 Å². The van der Waals surface area contributed by atoms with E-state index in [9.17, 15) is 9.18 Å². The van der Waals surface area contributed by atoms with E-state index in [1.54, 1.807) is 7.05 Å². The first-order valence-electron chi connectivity index (χ1n) is 8.82. The van der Waals surface area contributed by atoms with E-state index >= 15 is 0 Å². The van der Waals surface area contributed by atoms with Gasteiger partial charge in [0.25, 0.3) is 0 Å². The van der Waals surface area contributed by atoms with Crippen LogP contribution < -0.4 is 11.1 Å². The van der Waals surface area contributed by atoms with Gasteiger partial charge in [0.15, 0.2) is 5.96 Å². The number of primary amides is 1. The van der Waals surface area contributed by atoms with Gasteiger partial charge in [0.1, 0.15) is 5.82 Å².